The van der Waals surface area contributed by atoms with E-state index in [1.54, 1.807) is 11.3 Å². The molecule has 5 nitrogen and oxygen atoms in total. The first-order chi connectivity index (χ1) is 9.25. The van der Waals surface area contributed by atoms with Crippen LogP contribution in [0.1, 0.15) is 24.4 Å². The molecule has 1 atom stereocenters. The van der Waals surface area contributed by atoms with Gasteiger partial charge in [-0.1, -0.05) is 5.16 Å². The van der Waals surface area contributed by atoms with Crippen LogP contribution in [0.4, 0.5) is 0 Å². The van der Waals surface area contributed by atoms with Gasteiger partial charge in [-0.05, 0) is 30.9 Å². The molecule has 2 aromatic rings. The molecule has 0 radical (unpaired) electrons. The number of hydrogen-bond acceptors (Lipinski definition) is 6. The summed E-state index contributed by atoms with van der Waals surface area (Å²) >= 11 is 1.64. The van der Waals surface area contributed by atoms with Crippen LogP contribution in [-0.2, 0) is 0 Å². The normalized spacial score (nSPS) is 18.6. The summed E-state index contributed by atoms with van der Waals surface area (Å²) in [5, 5.41) is 9.55. The highest BCUT2D eigenvalue weighted by molar-refractivity contribution is 7.13. The van der Waals surface area contributed by atoms with Crippen molar-refractivity contribution in [2.45, 2.75) is 19.9 Å². The fraction of sp³-hybridized carbons (Fsp3) is 0.538. The number of hydrogen-bond donors (Lipinski definition) is 1. The zero-order chi connectivity index (χ0) is 13.2. The van der Waals surface area contributed by atoms with Crippen LogP contribution in [0.5, 0.6) is 0 Å². The van der Waals surface area contributed by atoms with E-state index < -0.39 is 0 Å². The van der Waals surface area contributed by atoms with E-state index in [9.17, 15) is 0 Å². The van der Waals surface area contributed by atoms with Crippen molar-refractivity contribution in [2.24, 2.45) is 0 Å². The minimum absolute atomic E-state index is 0.208. The fourth-order valence-electron chi connectivity index (χ4n) is 2.32. The first kappa shape index (κ1) is 12.8. The molecule has 2 aromatic heterocycles. The second kappa shape index (κ2) is 5.40. The number of nitrogens with zero attached hydrogens (tertiary/aromatic N) is 3. The second-order valence-corrected chi connectivity index (χ2v) is 5.77. The van der Waals surface area contributed by atoms with Gasteiger partial charge in [0.2, 0.25) is 0 Å². The molecule has 1 aliphatic heterocycles. The van der Waals surface area contributed by atoms with E-state index in [1.165, 1.54) is 5.56 Å². The maximum Gasteiger partial charge on any atom is 0.268 e. The summed E-state index contributed by atoms with van der Waals surface area (Å²) in [5.74, 6) is 1.43. The Morgan fingerprint density at radius 2 is 2.21 bits per heavy atom. The molecule has 19 heavy (non-hydrogen) atoms. The van der Waals surface area contributed by atoms with E-state index in [0.717, 1.165) is 36.9 Å². The van der Waals surface area contributed by atoms with E-state index in [0.29, 0.717) is 5.89 Å². The standard InChI is InChI=1S/C13H18N4OS/c1-9-3-8-19-11(9)13-15-12(16-18-13)10(2)17-6-4-14-5-7-17/h3,8,10,14H,4-7H2,1-2H3. The molecule has 3 heterocycles. The van der Waals surface area contributed by atoms with E-state index in [1.807, 2.05) is 5.38 Å². The lowest BCUT2D eigenvalue weighted by Crippen LogP contribution is -2.44. The molecule has 102 valence electrons. The van der Waals surface area contributed by atoms with Gasteiger partial charge in [-0.15, -0.1) is 11.3 Å². The molecule has 0 amide bonds. The summed E-state index contributed by atoms with van der Waals surface area (Å²) in [6.07, 6.45) is 0. The maximum absolute atomic E-state index is 5.41. The van der Waals surface area contributed by atoms with Crippen molar-refractivity contribution in [3.05, 3.63) is 22.8 Å². The number of aromatic nitrogens is 2. The van der Waals surface area contributed by atoms with Crippen LogP contribution >= 0.6 is 11.3 Å². The van der Waals surface area contributed by atoms with Crippen molar-refractivity contribution in [1.29, 1.82) is 0 Å². The van der Waals surface area contributed by atoms with Crippen molar-refractivity contribution in [3.8, 4) is 10.8 Å². The fourth-order valence-corrected chi connectivity index (χ4v) is 3.17. The molecule has 3 rings (SSSR count). The van der Waals surface area contributed by atoms with Crippen molar-refractivity contribution in [3.63, 3.8) is 0 Å². The van der Waals surface area contributed by atoms with Gasteiger partial charge in [-0.3, -0.25) is 4.90 Å². The van der Waals surface area contributed by atoms with Crippen LogP contribution in [0.25, 0.3) is 10.8 Å². The number of thiophene rings is 1. The van der Waals surface area contributed by atoms with Gasteiger partial charge in [0, 0.05) is 26.2 Å². The lowest BCUT2D eigenvalue weighted by Gasteiger charge is -2.30. The van der Waals surface area contributed by atoms with Crippen LogP contribution in [0.15, 0.2) is 16.0 Å². The summed E-state index contributed by atoms with van der Waals surface area (Å²) in [6, 6.07) is 2.28. The summed E-state index contributed by atoms with van der Waals surface area (Å²) in [4.78, 5) is 8.02. The monoisotopic (exact) mass is 278 g/mol. The highest BCUT2D eigenvalue weighted by atomic mass is 32.1. The van der Waals surface area contributed by atoms with Gasteiger partial charge in [0.05, 0.1) is 10.9 Å². The van der Waals surface area contributed by atoms with E-state index in [4.69, 9.17) is 4.52 Å². The Morgan fingerprint density at radius 3 is 2.89 bits per heavy atom. The third-order valence-corrected chi connectivity index (χ3v) is 4.58. The molecule has 6 heteroatoms. The van der Waals surface area contributed by atoms with Crippen LogP contribution in [0.3, 0.4) is 0 Å². The third kappa shape index (κ3) is 2.56. The average Bonchev–Trinajstić information content (AvgIpc) is 3.07. The molecular weight excluding hydrogens is 260 g/mol. The molecule has 0 saturated carbocycles. The first-order valence-electron chi connectivity index (χ1n) is 6.58. The highest BCUT2D eigenvalue weighted by Crippen LogP contribution is 2.29. The van der Waals surface area contributed by atoms with Gasteiger partial charge in [0.25, 0.3) is 5.89 Å². The van der Waals surface area contributed by atoms with Gasteiger partial charge in [-0.2, -0.15) is 4.98 Å². The molecule has 0 bridgehead atoms. The number of rotatable bonds is 3. The molecule has 1 saturated heterocycles. The van der Waals surface area contributed by atoms with Crippen molar-refractivity contribution >= 4 is 11.3 Å². The zero-order valence-corrected chi connectivity index (χ0v) is 12.0. The van der Waals surface area contributed by atoms with Gasteiger partial charge in [0.1, 0.15) is 0 Å². The van der Waals surface area contributed by atoms with Crippen LogP contribution in [0, 0.1) is 6.92 Å². The molecule has 1 fully saturated rings. The van der Waals surface area contributed by atoms with Crippen molar-refractivity contribution in [2.75, 3.05) is 26.2 Å². The molecular formula is C13H18N4OS. The Balaban J connectivity index is 1.79. The van der Waals surface area contributed by atoms with Crippen molar-refractivity contribution < 1.29 is 4.52 Å². The van der Waals surface area contributed by atoms with Gasteiger partial charge < -0.3 is 9.84 Å². The number of aryl methyl sites for hydroxylation is 1. The van der Waals surface area contributed by atoms with Gasteiger partial charge in [0.15, 0.2) is 5.82 Å². The number of piperazine rings is 1. The quantitative estimate of drug-likeness (QED) is 0.931. The first-order valence-corrected chi connectivity index (χ1v) is 7.46. The molecule has 1 aliphatic rings. The third-order valence-electron chi connectivity index (χ3n) is 3.57. The molecule has 0 spiro atoms. The number of nitrogens with one attached hydrogen (secondary N) is 1. The Kier molecular flexibility index (Phi) is 3.63. The van der Waals surface area contributed by atoms with Crippen LogP contribution in [0.2, 0.25) is 0 Å². The zero-order valence-electron chi connectivity index (χ0n) is 11.2. The van der Waals surface area contributed by atoms with E-state index in [2.05, 4.69) is 40.3 Å². The largest absolute Gasteiger partial charge is 0.333 e. The van der Waals surface area contributed by atoms with Crippen LogP contribution in [-0.4, -0.2) is 41.2 Å². The Bertz CT molecular complexity index is 544. The molecule has 1 unspecified atom stereocenters. The van der Waals surface area contributed by atoms with E-state index >= 15 is 0 Å². The average molecular weight is 278 g/mol. The summed E-state index contributed by atoms with van der Waals surface area (Å²) < 4.78 is 5.41. The summed E-state index contributed by atoms with van der Waals surface area (Å²) in [7, 11) is 0. The minimum Gasteiger partial charge on any atom is -0.333 e. The lowest BCUT2D eigenvalue weighted by atomic mass is 10.2. The van der Waals surface area contributed by atoms with E-state index in [-0.39, 0.29) is 6.04 Å². The second-order valence-electron chi connectivity index (χ2n) is 4.85. The smallest absolute Gasteiger partial charge is 0.268 e. The Hall–Kier alpha value is -1.24. The molecule has 1 N–H and O–H groups in total. The van der Waals surface area contributed by atoms with Crippen LogP contribution < -0.4 is 5.32 Å². The topological polar surface area (TPSA) is 54.2 Å². The SMILES string of the molecule is Cc1ccsc1-c1nc(C(C)N2CCNCC2)no1. The molecule has 0 aliphatic carbocycles. The maximum atomic E-state index is 5.41. The van der Waals surface area contributed by atoms with Gasteiger partial charge >= 0.3 is 0 Å². The predicted molar refractivity (Wildman–Crippen MR) is 75.2 cm³/mol. The van der Waals surface area contributed by atoms with Gasteiger partial charge in [-0.25, -0.2) is 0 Å². The van der Waals surface area contributed by atoms with Crippen molar-refractivity contribution in [1.82, 2.24) is 20.4 Å². The highest BCUT2D eigenvalue weighted by Gasteiger charge is 2.23. The Labute approximate surface area is 116 Å². The minimum atomic E-state index is 0.208. The lowest BCUT2D eigenvalue weighted by molar-refractivity contribution is 0.176. The molecule has 0 aromatic carbocycles. The predicted octanol–water partition coefficient (Wildman–Crippen LogP) is 2.07. The Morgan fingerprint density at radius 1 is 1.42 bits per heavy atom. The summed E-state index contributed by atoms with van der Waals surface area (Å²) in [5.41, 5.74) is 1.19. The summed E-state index contributed by atoms with van der Waals surface area (Å²) in [6.45, 7) is 8.32.